The molecule has 0 aromatic heterocycles. The number of benzene rings is 2. The van der Waals surface area contributed by atoms with Crippen molar-refractivity contribution in [3.8, 4) is 0 Å². The molecule has 0 aliphatic carbocycles. The normalized spacial score (nSPS) is 13.3. The van der Waals surface area contributed by atoms with E-state index in [2.05, 4.69) is 0 Å². The van der Waals surface area contributed by atoms with Crippen LogP contribution in [0.15, 0.2) is 59.5 Å². The summed E-state index contributed by atoms with van der Waals surface area (Å²) in [5.41, 5.74) is 1.36. The van der Waals surface area contributed by atoms with Crippen LogP contribution in [0.1, 0.15) is 5.56 Å². The summed E-state index contributed by atoms with van der Waals surface area (Å²) in [5, 5.41) is 11.8. The first-order valence-corrected chi connectivity index (χ1v) is 7.02. The molecule has 0 spiro atoms. The number of hydrogen-bond donors (Lipinski definition) is 0. The minimum Gasteiger partial charge on any atom is -0.618 e. The van der Waals surface area contributed by atoms with E-state index in [9.17, 15) is 9.76 Å². The topological polar surface area (TPSA) is 49.1 Å². The smallest absolute Gasteiger partial charge is 0.216 e. The summed E-state index contributed by atoms with van der Waals surface area (Å²) in [6, 6.07) is 16.1. The highest BCUT2D eigenvalue weighted by Gasteiger charge is 2.04. The Kier molecular flexibility index (Phi) is 4.02. The van der Waals surface area contributed by atoms with Gasteiger partial charge in [0.2, 0.25) is 5.69 Å². The van der Waals surface area contributed by atoms with E-state index >= 15 is 0 Å². The molecule has 0 radical (unpaired) electrons. The van der Waals surface area contributed by atoms with Crippen molar-refractivity contribution in [2.24, 2.45) is 0 Å². The van der Waals surface area contributed by atoms with Gasteiger partial charge in [-0.15, -0.1) is 0 Å². The van der Waals surface area contributed by atoms with Crippen molar-refractivity contribution >= 4 is 23.1 Å². The maximum absolute atomic E-state index is 11.8. The van der Waals surface area contributed by atoms with Crippen molar-refractivity contribution in [1.82, 2.24) is 0 Å². The van der Waals surface area contributed by atoms with Crippen molar-refractivity contribution in [2.45, 2.75) is 4.90 Å². The molecule has 0 saturated carbocycles. The molecule has 0 N–H and O–H groups in total. The molecule has 1 atom stereocenters. The van der Waals surface area contributed by atoms with Crippen molar-refractivity contribution < 1.29 is 9.29 Å². The molecule has 0 saturated heterocycles. The van der Waals surface area contributed by atoms with Gasteiger partial charge in [0.05, 0.1) is 0 Å². The first-order valence-electron chi connectivity index (χ1n) is 5.46. The minimum absolute atomic E-state index is 0.584. The van der Waals surface area contributed by atoms with Gasteiger partial charge < -0.3 is 9.76 Å². The Labute approximate surface area is 109 Å². The molecule has 2 aromatic carbocycles. The Morgan fingerprint density at radius 1 is 1.00 bits per heavy atom. The highest BCUT2D eigenvalue weighted by molar-refractivity contribution is 7.90. The third kappa shape index (κ3) is 3.12. The summed E-state index contributed by atoms with van der Waals surface area (Å²) in [4.78, 5) is 0.754. The summed E-state index contributed by atoms with van der Waals surface area (Å²) < 4.78 is 12.0. The third-order valence-electron chi connectivity index (χ3n) is 2.49. The van der Waals surface area contributed by atoms with E-state index in [1.54, 1.807) is 42.7 Å². The second kappa shape index (κ2) is 5.71. The maximum atomic E-state index is 11.8. The summed E-state index contributed by atoms with van der Waals surface area (Å²) in [6.07, 6.45) is 3.13. The van der Waals surface area contributed by atoms with Gasteiger partial charge in [0.15, 0.2) is 11.1 Å². The van der Waals surface area contributed by atoms with Crippen molar-refractivity contribution in [1.29, 1.82) is 0 Å². The van der Waals surface area contributed by atoms with Crippen LogP contribution in [-0.2, 0) is 11.2 Å². The Bertz CT molecular complexity index is 535. The fourth-order valence-corrected chi connectivity index (χ4v) is 2.05. The van der Waals surface area contributed by atoms with E-state index in [0.717, 1.165) is 15.2 Å². The van der Waals surface area contributed by atoms with Gasteiger partial charge in [0, 0.05) is 17.7 Å². The van der Waals surface area contributed by atoms with Crippen LogP contribution in [0.3, 0.4) is 0 Å². The highest BCUT2D eigenvalue weighted by atomic mass is 32.2. The van der Waals surface area contributed by atoms with E-state index in [1.807, 2.05) is 18.2 Å². The minimum atomic E-state index is -0.992. The van der Waals surface area contributed by atoms with Gasteiger partial charge in [0.1, 0.15) is 6.26 Å². The predicted molar refractivity (Wildman–Crippen MR) is 73.7 cm³/mol. The molecule has 3 nitrogen and oxygen atoms in total. The third-order valence-corrected chi connectivity index (χ3v) is 3.43. The standard InChI is InChI=1S/C14H13NO2S/c1-18(17)14-9-7-12(8-10-14)11-15(16)13-5-3-2-4-6-13/h2-11H,1H3. The fourth-order valence-electron chi connectivity index (χ4n) is 1.53. The Morgan fingerprint density at radius 2 is 1.61 bits per heavy atom. The van der Waals surface area contributed by atoms with Crippen LogP contribution in [0.4, 0.5) is 5.69 Å². The number of hydrogen-bond acceptors (Lipinski definition) is 2. The Morgan fingerprint density at radius 3 is 2.17 bits per heavy atom. The van der Waals surface area contributed by atoms with E-state index in [-0.39, 0.29) is 0 Å². The quantitative estimate of drug-likeness (QED) is 0.280. The summed E-state index contributed by atoms with van der Waals surface area (Å²) in [6.45, 7) is 0. The highest BCUT2D eigenvalue weighted by Crippen LogP contribution is 2.11. The van der Waals surface area contributed by atoms with Crippen molar-refractivity contribution in [3.63, 3.8) is 0 Å². The van der Waals surface area contributed by atoms with Crippen molar-refractivity contribution in [3.05, 3.63) is 65.4 Å². The number of para-hydroxylation sites is 1. The molecule has 0 heterocycles. The molecule has 0 bridgehead atoms. The van der Waals surface area contributed by atoms with Crippen LogP contribution in [0.2, 0.25) is 0 Å². The van der Waals surface area contributed by atoms with Gasteiger partial charge in [0.25, 0.3) is 0 Å². The lowest BCUT2D eigenvalue weighted by Crippen LogP contribution is -2.00. The van der Waals surface area contributed by atoms with Gasteiger partial charge in [-0.2, -0.15) is 4.74 Å². The lowest BCUT2D eigenvalue weighted by atomic mass is 10.2. The number of rotatable bonds is 3. The van der Waals surface area contributed by atoms with E-state index in [4.69, 9.17) is 0 Å². The fraction of sp³-hybridized carbons (Fsp3) is 0.0714. The van der Waals surface area contributed by atoms with Crippen LogP contribution in [0.25, 0.3) is 0 Å². The monoisotopic (exact) mass is 259 g/mol. The van der Waals surface area contributed by atoms with E-state index in [0.29, 0.717) is 5.69 Å². The molecule has 1 unspecified atom stereocenters. The molecule has 2 rings (SSSR count). The lowest BCUT2D eigenvalue weighted by Gasteiger charge is -2.04. The second-order valence-corrected chi connectivity index (χ2v) is 5.19. The maximum Gasteiger partial charge on any atom is 0.216 e. The van der Waals surface area contributed by atoms with Crippen LogP contribution >= 0.6 is 0 Å². The molecule has 18 heavy (non-hydrogen) atoms. The zero-order chi connectivity index (χ0) is 13.0. The van der Waals surface area contributed by atoms with E-state index < -0.39 is 11.2 Å². The molecule has 92 valence electrons. The van der Waals surface area contributed by atoms with Crippen LogP contribution in [0.5, 0.6) is 0 Å². The van der Waals surface area contributed by atoms with Crippen LogP contribution in [-0.4, -0.2) is 21.8 Å². The Hall–Kier alpha value is -1.78. The lowest BCUT2D eigenvalue weighted by molar-refractivity contribution is -0.354. The average molecular weight is 259 g/mol. The second-order valence-electron chi connectivity index (χ2n) is 3.81. The first-order chi connectivity index (χ1) is 8.66. The molecule has 2 aromatic rings. The number of nitrogens with zero attached hydrogens (tertiary/aromatic N) is 1. The summed E-state index contributed by atoms with van der Waals surface area (Å²) in [5.74, 6) is 0. The average Bonchev–Trinajstić information content (AvgIpc) is 2.40. The van der Waals surface area contributed by atoms with Gasteiger partial charge in [-0.05, 0) is 35.4 Å². The van der Waals surface area contributed by atoms with E-state index in [1.165, 1.54) is 6.21 Å². The molecule has 0 aliphatic heterocycles. The molecule has 4 heteroatoms. The largest absolute Gasteiger partial charge is 0.618 e. The predicted octanol–water partition coefficient (Wildman–Crippen LogP) is 2.68. The molecule has 0 aliphatic rings. The Balaban J connectivity index is 2.23. The zero-order valence-corrected chi connectivity index (χ0v) is 10.8. The molecule has 0 amide bonds. The van der Waals surface area contributed by atoms with Gasteiger partial charge in [-0.25, -0.2) is 0 Å². The zero-order valence-electron chi connectivity index (χ0n) is 9.95. The molecular weight excluding hydrogens is 246 g/mol. The molecule has 0 fully saturated rings. The van der Waals surface area contributed by atoms with Crippen molar-refractivity contribution in [2.75, 3.05) is 6.26 Å². The van der Waals surface area contributed by atoms with Gasteiger partial charge in [-0.1, -0.05) is 18.2 Å². The molecular formula is C14H13NO2S. The van der Waals surface area contributed by atoms with Gasteiger partial charge in [-0.3, -0.25) is 0 Å². The van der Waals surface area contributed by atoms with Crippen LogP contribution < -0.4 is 0 Å². The van der Waals surface area contributed by atoms with Crippen LogP contribution in [0, 0.1) is 5.21 Å². The summed E-state index contributed by atoms with van der Waals surface area (Å²) >= 11 is -0.992. The SMILES string of the molecule is C[S+]([O-])c1ccc(C=[N+]([O-])c2ccccc2)cc1. The van der Waals surface area contributed by atoms with Gasteiger partial charge >= 0.3 is 0 Å². The first kappa shape index (κ1) is 12.7. The summed E-state index contributed by atoms with van der Waals surface area (Å²) in [7, 11) is 0.